The lowest BCUT2D eigenvalue weighted by Gasteiger charge is -2.38. The van der Waals surface area contributed by atoms with Crippen LogP contribution in [0.2, 0.25) is 0 Å². The van der Waals surface area contributed by atoms with Crippen LogP contribution in [0, 0.1) is 5.92 Å². The van der Waals surface area contributed by atoms with Crippen LogP contribution in [0.4, 0.5) is 5.69 Å². The Balaban J connectivity index is 1.70. The Morgan fingerprint density at radius 2 is 1.77 bits per heavy atom. The van der Waals surface area contributed by atoms with Crippen LogP contribution in [0.25, 0.3) is 0 Å². The highest BCUT2D eigenvalue weighted by atomic mass is 16.5. The van der Waals surface area contributed by atoms with Crippen molar-refractivity contribution in [1.82, 2.24) is 0 Å². The molecule has 152 valence electrons. The van der Waals surface area contributed by atoms with E-state index in [1.807, 2.05) is 24.3 Å². The van der Waals surface area contributed by atoms with Gasteiger partial charge in [-0.3, -0.25) is 0 Å². The predicted molar refractivity (Wildman–Crippen MR) is 115 cm³/mol. The van der Waals surface area contributed by atoms with Gasteiger partial charge in [-0.1, -0.05) is 36.4 Å². The summed E-state index contributed by atoms with van der Waals surface area (Å²) in [6.07, 6.45) is 0.912. The normalized spacial score (nSPS) is 21.1. The minimum Gasteiger partial charge on any atom is -0.493 e. The van der Waals surface area contributed by atoms with E-state index in [4.69, 9.17) is 9.47 Å². The molecule has 0 radical (unpaired) electrons. The van der Waals surface area contributed by atoms with Gasteiger partial charge in [0.1, 0.15) is 0 Å². The molecule has 30 heavy (non-hydrogen) atoms. The summed E-state index contributed by atoms with van der Waals surface area (Å²) >= 11 is 0. The number of aromatic carboxylic acids is 1. The molecule has 0 saturated carbocycles. The fourth-order valence-electron chi connectivity index (χ4n) is 5.16. The number of para-hydroxylation sites is 1. The summed E-state index contributed by atoms with van der Waals surface area (Å²) < 4.78 is 11.3. The van der Waals surface area contributed by atoms with Gasteiger partial charge in [0.15, 0.2) is 11.5 Å². The Hall–Kier alpha value is -3.47. The lowest BCUT2D eigenvalue weighted by Crippen LogP contribution is -2.31. The molecule has 0 fully saturated rings. The first kappa shape index (κ1) is 18.6. The van der Waals surface area contributed by atoms with E-state index in [9.17, 15) is 9.90 Å². The van der Waals surface area contributed by atoms with Crippen molar-refractivity contribution in [3.8, 4) is 11.5 Å². The van der Waals surface area contributed by atoms with Crippen molar-refractivity contribution in [2.24, 2.45) is 5.92 Å². The quantitative estimate of drug-likeness (QED) is 0.653. The van der Waals surface area contributed by atoms with E-state index in [2.05, 4.69) is 35.6 Å². The highest BCUT2D eigenvalue weighted by Gasteiger charge is 2.44. The molecule has 2 aliphatic rings. The summed E-state index contributed by atoms with van der Waals surface area (Å²) in [6, 6.07) is 19.8. The second-order valence-corrected chi connectivity index (χ2v) is 7.86. The van der Waals surface area contributed by atoms with Gasteiger partial charge in [-0.2, -0.15) is 0 Å². The number of hydrogen-bond acceptors (Lipinski definition) is 4. The summed E-state index contributed by atoms with van der Waals surface area (Å²) in [5.41, 5.74) is 5.97. The number of rotatable bonds is 4. The van der Waals surface area contributed by atoms with Crippen LogP contribution in [0.15, 0.2) is 60.7 Å². The average Bonchev–Trinajstić information content (AvgIpc) is 3.17. The van der Waals surface area contributed by atoms with Crippen molar-refractivity contribution >= 4 is 11.7 Å². The molecular weight excluding hydrogens is 378 g/mol. The SMILES string of the molecule is COc1cccc([C@@H]2Nc3ccc(C(=O)O)cc3[C@@H]3c4ccccc4C[C@H]32)c1OC. The number of carboxylic acid groups (broad SMARTS) is 1. The minimum atomic E-state index is -0.905. The number of carboxylic acids is 1. The molecular formula is C25H23NO4. The van der Waals surface area contributed by atoms with E-state index >= 15 is 0 Å². The van der Waals surface area contributed by atoms with Gasteiger partial charge in [0.05, 0.1) is 25.8 Å². The van der Waals surface area contributed by atoms with Crippen molar-refractivity contribution in [2.45, 2.75) is 18.4 Å². The second-order valence-electron chi connectivity index (χ2n) is 7.86. The first-order valence-electron chi connectivity index (χ1n) is 10.0. The van der Waals surface area contributed by atoms with E-state index in [1.54, 1.807) is 20.3 Å². The fourth-order valence-corrected chi connectivity index (χ4v) is 5.16. The van der Waals surface area contributed by atoms with E-state index in [1.165, 1.54) is 11.1 Å². The van der Waals surface area contributed by atoms with Crippen molar-refractivity contribution < 1.29 is 19.4 Å². The molecule has 5 rings (SSSR count). The molecule has 0 saturated heterocycles. The van der Waals surface area contributed by atoms with Gasteiger partial charge in [-0.25, -0.2) is 4.79 Å². The summed E-state index contributed by atoms with van der Waals surface area (Å²) in [4.78, 5) is 11.6. The Morgan fingerprint density at radius 3 is 2.53 bits per heavy atom. The summed E-state index contributed by atoms with van der Waals surface area (Å²) in [5, 5.41) is 13.2. The highest BCUT2D eigenvalue weighted by Crippen LogP contribution is 2.55. The molecule has 3 atom stereocenters. The van der Waals surface area contributed by atoms with Gasteiger partial charge < -0.3 is 19.9 Å². The number of anilines is 1. The van der Waals surface area contributed by atoms with Crippen molar-refractivity contribution in [1.29, 1.82) is 0 Å². The van der Waals surface area contributed by atoms with Crippen molar-refractivity contribution in [3.05, 3.63) is 88.5 Å². The highest BCUT2D eigenvalue weighted by molar-refractivity contribution is 5.89. The summed E-state index contributed by atoms with van der Waals surface area (Å²) in [7, 11) is 3.31. The molecule has 1 heterocycles. The van der Waals surface area contributed by atoms with Crippen LogP contribution in [0.3, 0.4) is 0 Å². The predicted octanol–water partition coefficient (Wildman–Crippen LogP) is 4.87. The van der Waals surface area contributed by atoms with Crippen LogP contribution in [-0.4, -0.2) is 25.3 Å². The molecule has 2 N–H and O–H groups in total. The van der Waals surface area contributed by atoms with E-state index in [-0.39, 0.29) is 17.9 Å². The maximum atomic E-state index is 11.6. The van der Waals surface area contributed by atoms with Gasteiger partial charge in [0.25, 0.3) is 0 Å². The largest absolute Gasteiger partial charge is 0.493 e. The zero-order valence-corrected chi connectivity index (χ0v) is 16.9. The van der Waals surface area contributed by atoms with E-state index in [0.29, 0.717) is 11.3 Å². The molecule has 1 aliphatic heterocycles. The first-order chi connectivity index (χ1) is 14.6. The van der Waals surface area contributed by atoms with E-state index < -0.39 is 5.97 Å². The molecule has 5 heteroatoms. The fraction of sp³-hybridized carbons (Fsp3) is 0.240. The van der Waals surface area contributed by atoms with Gasteiger partial charge >= 0.3 is 5.97 Å². The molecule has 0 bridgehead atoms. The molecule has 0 unspecified atom stereocenters. The molecule has 3 aromatic rings. The number of hydrogen-bond donors (Lipinski definition) is 2. The lowest BCUT2D eigenvalue weighted by atomic mass is 9.75. The zero-order chi connectivity index (χ0) is 20.8. The van der Waals surface area contributed by atoms with Crippen molar-refractivity contribution in [2.75, 3.05) is 19.5 Å². The van der Waals surface area contributed by atoms with Crippen LogP contribution in [0.5, 0.6) is 11.5 Å². The number of benzene rings is 3. The number of fused-ring (bicyclic) bond motifs is 5. The van der Waals surface area contributed by atoms with Crippen LogP contribution < -0.4 is 14.8 Å². The van der Waals surface area contributed by atoms with Crippen LogP contribution in [0.1, 0.15) is 44.6 Å². The molecule has 5 nitrogen and oxygen atoms in total. The Labute approximate surface area is 175 Å². The molecule has 1 aliphatic carbocycles. The monoisotopic (exact) mass is 401 g/mol. The number of carbonyl (C=O) groups is 1. The Kier molecular flexibility index (Phi) is 4.39. The number of nitrogens with one attached hydrogen (secondary N) is 1. The number of ether oxygens (including phenoxy) is 2. The molecule has 0 aromatic heterocycles. The Bertz CT molecular complexity index is 1140. The zero-order valence-electron chi connectivity index (χ0n) is 16.9. The van der Waals surface area contributed by atoms with Crippen LogP contribution >= 0.6 is 0 Å². The maximum Gasteiger partial charge on any atom is 0.335 e. The second kappa shape index (κ2) is 7.10. The summed E-state index contributed by atoms with van der Waals surface area (Å²) in [6.45, 7) is 0. The van der Waals surface area contributed by atoms with E-state index in [0.717, 1.165) is 29.0 Å². The third-order valence-electron chi connectivity index (χ3n) is 6.42. The molecule has 0 spiro atoms. The van der Waals surface area contributed by atoms with Crippen molar-refractivity contribution in [3.63, 3.8) is 0 Å². The average molecular weight is 401 g/mol. The Morgan fingerprint density at radius 1 is 0.967 bits per heavy atom. The summed E-state index contributed by atoms with van der Waals surface area (Å²) in [5.74, 6) is 0.892. The third kappa shape index (κ3) is 2.73. The van der Waals surface area contributed by atoms with Gasteiger partial charge in [0, 0.05) is 17.2 Å². The minimum absolute atomic E-state index is 0.00984. The van der Waals surface area contributed by atoms with Gasteiger partial charge in [0.2, 0.25) is 0 Å². The standard InChI is InChI=1S/C25H23NO4/c1-29-21-9-5-8-17(24(21)30-2)23-19-12-14-6-3-4-7-16(14)22(19)18-13-15(25(27)28)10-11-20(18)26-23/h3-11,13,19,22-23,26H,12H2,1-2H3,(H,27,28)/t19-,22+,23+/m1/s1. The van der Waals surface area contributed by atoms with Gasteiger partial charge in [-0.05, 0) is 53.3 Å². The van der Waals surface area contributed by atoms with Crippen LogP contribution in [-0.2, 0) is 6.42 Å². The topological polar surface area (TPSA) is 67.8 Å². The molecule has 0 amide bonds. The third-order valence-corrected chi connectivity index (χ3v) is 6.42. The first-order valence-corrected chi connectivity index (χ1v) is 10.0. The lowest BCUT2D eigenvalue weighted by molar-refractivity contribution is 0.0696. The maximum absolute atomic E-state index is 11.6. The smallest absolute Gasteiger partial charge is 0.335 e. The van der Waals surface area contributed by atoms with Gasteiger partial charge in [-0.15, -0.1) is 0 Å². The number of methoxy groups -OCH3 is 2. The molecule has 3 aromatic carbocycles.